The Hall–Kier alpha value is -0.390. The van der Waals surface area contributed by atoms with Crippen molar-refractivity contribution in [2.24, 2.45) is 0 Å². The molecule has 1 N–H and O–H groups in total. The van der Waals surface area contributed by atoms with Gasteiger partial charge in [-0.1, -0.05) is 29.3 Å². The molecule has 2 saturated heterocycles. The summed E-state index contributed by atoms with van der Waals surface area (Å²) in [5.41, 5.74) is 0.907. The van der Waals surface area contributed by atoms with Crippen LogP contribution in [0.15, 0.2) is 12.1 Å². The Balaban J connectivity index is 1.61. The van der Waals surface area contributed by atoms with Gasteiger partial charge in [0.2, 0.25) is 0 Å². The zero-order valence-corrected chi connectivity index (χ0v) is 13.4. The first-order valence-corrected chi connectivity index (χ1v) is 8.20. The molecule has 1 atom stereocenters. The van der Waals surface area contributed by atoms with Crippen LogP contribution in [0, 0.1) is 5.82 Å². The fraction of sp³-hybridized carbons (Fsp3) is 0.600. The summed E-state index contributed by atoms with van der Waals surface area (Å²) in [4.78, 5) is 4.94. The molecule has 2 fully saturated rings. The largest absolute Gasteiger partial charge is 0.314 e. The van der Waals surface area contributed by atoms with Crippen molar-refractivity contribution in [3.8, 4) is 0 Å². The van der Waals surface area contributed by atoms with Crippen molar-refractivity contribution in [3.63, 3.8) is 0 Å². The van der Waals surface area contributed by atoms with Gasteiger partial charge < -0.3 is 5.32 Å². The van der Waals surface area contributed by atoms with Gasteiger partial charge >= 0.3 is 0 Å². The summed E-state index contributed by atoms with van der Waals surface area (Å²) < 4.78 is 13.3. The molecule has 0 bridgehead atoms. The molecule has 1 aromatic rings. The molecule has 0 aromatic heterocycles. The van der Waals surface area contributed by atoms with E-state index in [0.717, 1.165) is 51.4 Å². The van der Waals surface area contributed by atoms with Crippen molar-refractivity contribution in [3.05, 3.63) is 33.6 Å². The van der Waals surface area contributed by atoms with E-state index in [4.69, 9.17) is 23.2 Å². The molecule has 1 unspecified atom stereocenters. The summed E-state index contributed by atoms with van der Waals surface area (Å²) in [6, 6.07) is 3.76. The van der Waals surface area contributed by atoms with Crippen molar-refractivity contribution in [1.29, 1.82) is 0 Å². The van der Waals surface area contributed by atoms with E-state index in [1.54, 1.807) is 6.07 Å². The van der Waals surface area contributed by atoms with Gasteiger partial charge in [-0.15, -0.1) is 0 Å². The molecule has 1 aromatic carbocycles. The van der Waals surface area contributed by atoms with Gasteiger partial charge in [0.15, 0.2) is 0 Å². The third kappa shape index (κ3) is 3.51. The average Bonchev–Trinajstić information content (AvgIpc) is 2.97. The summed E-state index contributed by atoms with van der Waals surface area (Å²) in [6.07, 6.45) is 1.19. The highest BCUT2D eigenvalue weighted by Crippen LogP contribution is 2.30. The lowest BCUT2D eigenvalue weighted by Crippen LogP contribution is -2.49. The second-order valence-corrected chi connectivity index (χ2v) is 6.55. The summed E-state index contributed by atoms with van der Waals surface area (Å²) in [7, 11) is 0. The molecule has 116 valence electrons. The fourth-order valence-corrected chi connectivity index (χ4v) is 3.63. The SMILES string of the molecule is Fc1ccc(CN2CCC(N3CCNCC3)C2)c(Cl)c1Cl. The molecule has 2 heterocycles. The predicted octanol–water partition coefficient (Wildman–Crippen LogP) is 2.61. The van der Waals surface area contributed by atoms with Crippen molar-refractivity contribution in [2.75, 3.05) is 39.3 Å². The number of hydrogen-bond acceptors (Lipinski definition) is 3. The number of likely N-dealkylation sites (tertiary alicyclic amines) is 1. The maximum absolute atomic E-state index is 13.3. The lowest BCUT2D eigenvalue weighted by atomic mass is 10.2. The Morgan fingerprint density at radius 3 is 2.67 bits per heavy atom. The minimum Gasteiger partial charge on any atom is -0.314 e. The minimum atomic E-state index is -0.453. The highest BCUT2D eigenvalue weighted by molar-refractivity contribution is 6.42. The number of nitrogens with zero attached hydrogens (tertiary/aromatic N) is 2. The van der Waals surface area contributed by atoms with E-state index in [-0.39, 0.29) is 5.02 Å². The monoisotopic (exact) mass is 331 g/mol. The second kappa shape index (κ2) is 6.80. The number of benzene rings is 1. The highest BCUT2D eigenvalue weighted by atomic mass is 35.5. The predicted molar refractivity (Wildman–Crippen MR) is 84.5 cm³/mol. The third-order valence-electron chi connectivity index (χ3n) is 4.42. The van der Waals surface area contributed by atoms with Gasteiger partial charge in [0.1, 0.15) is 5.82 Å². The molecule has 0 amide bonds. The smallest absolute Gasteiger partial charge is 0.143 e. The van der Waals surface area contributed by atoms with E-state index >= 15 is 0 Å². The van der Waals surface area contributed by atoms with Crippen molar-refractivity contribution < 1.29 is 4.39 Å². The first-order valence-electron chi connectivity index (χ1n) is 7.44. The van der Waals surface area contributed by atoms with E-state index in [1.807, 2.05) is 0 Å². The molecule has 2 aliphatic heterocycles. The van der Waals surface area contributed by atoms with E-state index in [2.05, 4.69) is 15.1 Å². The Morgan fingerprint density at radius 1 is 1.14 bits per heavy atom. The number of nitrogens with one attached hydrogen (secondary N) is 1. The number of halogens is 3. The van der Waals surface area contributed by atoms with Crippen LogP contribution in [0.4, 0.5) is 4.39 Å². The van der Waals surface area contributed by atoms with E-state index in [9.17, 15) is 4.39 Å². The highest BCUT2D eigenvalue weighted by Gasteiger charge is 2.28. The molecular weight excluding hydrogens is 312 g/mol. The Morgan fingerprint density at radius 2 is 1.90 bits per heavy atom. The lowest BCUT2D eigenvalue weighted by Gasteiger charge is -2.32. The second-order valence-electron chi connectivity index (χ2n) is 5.80. The quantitative estimate of drug-likeness (QED) is 0.859. The minimum absolute atomic E-state index is 0.0343. The van der Waals surface area contributed by atoms with Crippen LogP contribution in [0.1, 0.15) is 12.0 Å². The van der Waals surface area contributed by atoms with Crippen LogP contribution < -0.4 is 5.32 Å². The summed E-state index contributed by atoms with van der Waals surface area (Å²) >= 11 is 12.0. The first kappa shape index (κ1) is 15.5. The van der Waals surface area contributed by atoms with E-state index in [1.165, 1.54) is 12.5 Å². The Kier molecular flexibility index (Phi) is 5.02. The van der Waals surface area contributed by atoms with E-state index in [0.29, 0.717) is 11.1 Å². The van der Waals surface area contributed by atoms with Crippen molar-refractivity contribution >= 4 is 23.2 Å². The molecule has 0 spiro atoms. The molecule has 2 aliphatic rings. The maximum Gasteiger partial charge on any atom is 0.143 e. The van der Waals surface area contributed by atoms with Gasteiger partial charge in [-0.25, -0.2) is 4.39 Å². The van der Waals surface area contributed by atoms with Crippen LogP contribution in [0.3, 0.4) is 0 Å². The molecule has 21 heavy (non-hydrogen) atoms. The Labute approximate surface area is 135 Å². The van der Waals surface area contributed by atoms with Crippen LogP contribution in [-0.4, -0.2) is 55.1 Å². The number of piperazine rings is 1. The van der Waals surface area contributed by atoms with Crippen LogP contribution in [0.2, 0.25) is 10.0 Å². The molecule has 3 rings (SSSR count). The summed E-state index contributed by atoms with van der Waals surface area (Å²) in [6.45, 7) is 7.25. The summed E-state index contributed by atoms with van der Waals surface area (Å²) in [5.74, 6) is -0.453. The molecular formula is C15H20Cl2FN3. The maximum atomic E-state index is 13.3. The lowest BCUT2D eigenvalue weighted by molar-refractivity contribution is 0.170. The molecule has 3 nitrogen and oxygen atoms in total. The molecule has 0 radical (unpaired) electrons. The van der Waals surface area contributed by atoms with Crippen LogP contribution in [-0.2, 0) is 6.54 Å². The molecule has 0 aliphatic carbocycles. The normalized spacial score (nSPS) is 24.6. The van der Waals surface area contributed by atoms with Gasteiger partial charge in [-0.05, 0) is 18.1 Å². The summed E-state index contributed by atoms with van der Waals surface area (Å²) in [5, 5.41) is 3.77. The van der Waals surface area contributed by atoms with Crippen molar-refractivity contribution in [1.82, 2.24) is 15.1 Å². The molecule has 6 heteroatoms. The zero-order chi connectivity index (χ0) is 14.8. The standard InChI is InChI=1S/C15H20Cl2FN3/c16-14-11(1-2-13(18)15(14)17)9-20-6-3-12(10-20)21-7-4-19-5-8-21/h1-2,12,19H,3-10H2. The van der Waals surface area contributed by atoms with Gasteiger partial charge in [0.25, 0.3) is 0 Å². The molecule has 0 saturated carbocycles. The number of hydrogen-bond donors (Lipinski definition) is 1. The van der Waals surface area contributed by atoms with Crippen LogP contribution in [0.5, 0.6) is 0 Å². The average molecular weight is 332 g/mol. The van der Waals surface area contributed by atoms with Gasteiger partial charge in [-0.2, -0.15) is 0 Å². The van der Waals surface area contributed by atoms with Gasteiger partial charge in [0.05, 0.1) is 10.0 Å². The zero-order valence-electron chi connectivity index (χ0n) is 11.9. The Bertz CT molecular complexity index is 506. The van der Waals surface area contributed by atoms with Gasteiger partial charge in [0, 0.05) is 51.9 Å². The van der Waals surface area contributed by atoms with Crippen molar-refractivity contribution in [2.45, 2.75) is 19.0 Å². The first-order chi connectivity index (χ1) is 10.1. The third-order valence-corrected chi connectivity index (χ3v) is 5.32. The van der Waals surface area contributed by atoms with Crippen LogP contribution in [0.25, 0.3) is 0 Å². The van der Waals surface area contributed by atoms with Gasteiger partial charge in [-0.3, -0.25) is 9.80 Å². The topological polar surface area (TPSA) is 18.5 Å². The fourth-order valence-electron chi connectivity index (χ4n) is 3.23. The van der Waals surface area contributed by atoms with E-state index < -0.39 is 5.82 Å². The van der Waals surface area contributed by atoms with Crippen LogP contribution >= 0.6 is 23.2 Å². The number of rotatable bonds is 3.